The van der Waals surface area contributed by atoms with Crippen molar-refractivity contribution in [3.8, 4) is 33.6 Å². The SMILES string of the molecule is CCCC[C@H](NC(=O)OCc1ccccc1)c1ncc(-c2ccc3cc(-c4ccc(-c5ccc([C@@H]6CC7(CC7)CN6C(=O)OC(C)(C)C)[nH]5)cc4)ccc3c2)[nH]1. The first-order valence-electron chi connectivity index (χ1n) is 19.9. The number of imidazole rings is 1. The van der Waals surface area contributed by atoms with Gasteiger partial charge in [-0.1, -0.05) is 98.6 Å². The number of nitrogens with one attached hydrogen (secondary N) is 3. The van der Waals surface area contributed by atoms with E-state index < -0.39 is 11.7 Å². The summed E-state index contributed by atoms with van der Waals surface area (Å²) in [7, 11) is 0. The fraction of sp³-hybridized carbons (Fsp3) is 0.340. The van der Waals surface area contributed by atoms with Gasteiger partial charge in [0.15, 0.2) is 0 Å². The summed E-state index contributed by atoms with van der Waals surface area (Å²) in [5, 5.41) is 5.30. The first-order chi connectivity index (χ1) is 27.0. The van der Waals surface area contributed by atoms with Crippen LogP contribution in [0.5, 0.6) is 0 Å². The third-order valence-electron chi connectivity index (χ3n) is 11.1. The highest BCUT2D eigenvalue weighted by atomic mass is 16.6. The molecule has 3 heterocycles. The minimum Gasteiger partial charge on any atom is -0.445 e. The second-order valence-corrected chi connectivity index (χ2v) is 16.6. The Balaban J connectivity index is 0.935. The number of alkyl carbamates (subject to hydrolysis) is 1. The maximum atomic E-state index is 13.2. The summed E-state index contributed by atoms with van der Waals surface area (Å²) in [6.07, 6.45) is 7.19. The lowest BCUT2D eigenvalue weighted by molar-refractivity contribution is 0.0215. The van der Waals surface area contributed by atoms with Gasteiger partial charge in [-0.15, -0.1) is 0 Å². The molecular formula is C47H51N5O4. The third kappa shape index (κ3) is 8.37. The molecule has 2 aromatic heterocycles. The zero-order valence-corrected chi connectivity index (χ0v) is 32.7. The van der Waals surface area contributed by atoms with Crippen molar-refractivity contribution in [2.75, 3.05) is 6.54 Å². The van der Waals surface area contributed by atoms with Crippen molar-refractivity contribution in [1.82, 2.24) is 25.2 Å². The molecule has 3 N–H and O–H groups in total. The molecule has 0 bridgehead atoms. The molecule has 56 heavy (non-hydrogen) atoms. The summed E-state index contributed by atoms with van der Waals surface area (Å²) < 4.78 is 11.3. The van der Waals surface area contributed by atoms with Crippen molar-refractivity contribution in [2.45, 2.75) is 90.5 Å². The second-order valence-electron chi connectivity index (χ2n) is 16.6. The van der Waals surface area contributed by atoms with E-state index in [-0.39, 0.29) is 30.2 Å². The van der Waals surface area contributed by atoms with Gasteiger partial charge in [0.1, 0.15) is 18.0 Å². The summed E-state index contributed by atoms with van der Waals surface area (Å²) in [6.45, 7) is 8.88. The van der Waals surface area contributed by atoms with Gasteiger partial charge in [0.05, 0.1) is 24.0 Å². The van der Waals surface area contributed by atoms with Crippen LogP contribution in [0, 0.1) is 5.41 Å². The number of rotatable bonds is 11. The van der Waals surface area contributed by atoms with Gasteiger partial charge in [-0.3, -0.25) is 4.90 Å². The van der Waals surface area contributed by atoms with Gasteiger partial charge >= 0.3 is 12.2 Å². The lowest BCUT2D eigenvalue weighted by Gasteiger charge is -2.28. The van der Waals surface area contributed by atoms with Crippen LogP contribution in [-0.4, -0.2) is 44.2 Å². The van der Waals surface area contributed by atoms with Gasteiger partial charge < -0.3 is 24.8 Å². The van der Waals surface area contributed by atoms with Gasteiger partial charge in [-0.2, -0.15) is 0 Å². The number of ether oxygens (including phenoxy) is 2. The zero-order chi connectivity index (χ0) is 38.9. The topological polar surface area (TPSA) is 112 Å². The second kappa shape index (κ2) is 15.4. The van der Waals surface area contributed by atoms with Gasteiger partial charge in [-0.05, 0) is 109 Å². The molecule has 1 aliphatic heterocycles. The lowest BCUT2D eigenvalue weighted by atomic mass is 9.98. The monoisotopic (exact) mass is 749 g/mol. The van der Waals surface area contributed by atoms with E-state index >= 15 is 0 Å². The van der Waals surface area contributed by atoms with Crippen LogP contribution in [0.3, 0.4) is 0 Å². The Bertz CT molecular complexity index is 2320. The summed E-state index contributed by atoms with van der Waals surface area (Å²) in [4.78, 5) is 39.6. The molecule has 2 amide bonds. The number of benzene rings is 4. The highest BCUT2D eigenvalue weighted by molar-refractivity contribution is 5.90. The van der Waals surface area contributed by atoms with E-state index in [0.717, 1.165) is 87.9 Å². The molecule has 9 heteroatoms. The molecule has 288 valence electrons. The van der Waals surface area contributed by atoms with Crippen LogP contribution in [0.25, 0.3) is 44.4 Å². The van der Waals surface area contributed by atoms with Crippen molar-refractivity contribution in [3.63, 3.8) is 0 Å². The molecule has 0 radical (unpaired) electrons. The Kier molecular flexibility index (Phi) is 10.2. The Labute approximate surface area is 328 Å². The molecule has 0 unspecified atom stereocenters. The maximum absolute atomic E-state index is 13.2. The molecule has 1 spiro atoms. The highest BCUT2D eigenvalue weighted by Gasteiger charge is 2.54. The number of aromatic amines is 2. The van der Waals surface area contributed by atoms with Crippen LogP contribution in [-0.2, 0) is 16.1 Å². The fourth-order valence-corrected chi connectivity index (χ4v) is 7.85. The van der Waals surface area contributed by atoms with E-state index in [4.69, 9.17) is 9.47 Å². The summed E-state index contributed by atoms with van der Waals surface area (Å²) in [6, 6.07) is 35.3. The number of likely N-dealkylation sites (tertiary alicyclic amines) is 1. The molecule has 1 saturated heterocycles. The highest BCUT2D eigenvalue weighted by Crippen LogP contribution is 2.58. The smallest absolute Gasteiger partial charge is 0.410 e. The first-order valence-corrected chi connectivity index (χ1v) is 19.9. The Morgan fingerprint density at radius 1 is 0.857 bits per heavy atom. The fourth-order valence-electron chi connectivity index (χ4n) is 7.85. The number of carbonyl (C=O) groups is 2. The standard InChI is InChI=1S/C47H51N5O4/c1-5-6-12-40(51-44(53)55-29-31-10-8-7-9-11-31)43-48-28-41(50-43)37-20-19-35-25-34(17-18-36(35)26-37)32-13-15-33(16-14-32)38-21-22-39(49-38)42-27-47(23-24-47)30-52(42)45(54)56-46(2,3)4/h7-11,13-22,25-26,28,40,42,49H,5-6,12,23-24,27,29-30H2,1-4H3,(H,48,50)(H,51,53)/t40-,42-/m0/s1. The molecule has 8 rings (SSSR count). The Morgan fingerprint density at radius 2 is 1.55 bits per heavy atom. The molecule has 2 aliphatic rings. The van der Waals surface area contributed by atoms with E-state index in [9.17, 15) is 9.59 Å². The number of hydrogen-bond acceptors (Lipinski definition) is 5. The van der Waals surface area contributed by atoms with Crippen molar-refractivity contribution in [1.29, 1.82) is 0 Å². The predicted molar refractivity (Wildman–Crippen MR) is 221 cm³/mol. The number of amides is 2. The first kappa shape index (κ1) is 37.1. The number of fused-ring (bicyclic) bond motifs is 1. The number of nitrogens with zero attached hydrogens (tertiary/aromatic N) is 2. The van der Waals surface area contributed by atoms with Crippen LogP contribution in [0.2, 0.25) is 0 Å². The average Bonchev–Trinajstić information content (AvgIpc) is 3.54. The number of unbranched alkanes of at least 4 members (excludes halogenated alkanes) is 1. The normalized spacial score (nSPS) is 16.6. The molecule has 2 fully saturated rings. The van der Waals surface area contributed by atoms with Crippen LogP contribution in [0.4, 0.5) is 9.59 Å². The van der Waals surface area contributed by atoms with Crippen LogP contribution in [0.15, 0.2) is 109 Å². The average molecular weight is 750 g/mol. The Hall–Kier alpha value is -5.83. The number of carbonyl (C=O) groups excluding carboxylic acids is 2. The van der Waals surface area contributed by atoms with Crippen LogP contribution in [0.1, 0.15) is 95.4 Å². The quantitative estimate of drug-likeness (QED) is 0.122. The summed E-state index contributed by atoms with van der Waals surface area (Å²) >= 11 is 0. The molecule has 1 aliphatic carbocycles. The van der Waals surface area contributed by atoms with Crippen molar-refractivity contribution in [2.24, 2.45) is 5.41 Å². The van der Waals surface area contributed by atoms with E-state index in [1.165, 1.54) is 12.8 Å². The van der Waals surface area contributed by atoms with E-state index in [2.05, 4.69) is 100.0 Å². The lowest BCUT2D eigenvalue weighted by Crippen LogP contribution is -2.37. The predicted octanol–water partition coefficient (Wildman–Crippen LogP) is 11.5. The minimum absolute atomic E-state index is 0.00494. The van der Waals surface area contributed by atoms with Gasteiger partial charge in [0.2, 0.25) is 0 Å². The summed E-state index contributed by atoms with van der Waals surface area (Å²) in [5.74, 6) is 0.715. The van der Waals surface area contributed by atoms with Crippen molar-refractivity contribution in [3.05, 3.63) is 126 Å². The van der Waals surface area contributed by atoms with Gasteiger partial charge in [-0.25, -0.2) is 14.6 Å². The van der Waals surface area contributed by atoms with Gasteiger partial charge in [0.25, 0.3) is 0 Å². The molecule has 9 nitrogen and oxygen atoms in total. The van der Waals surface area contributed by atoms with E-state index in [0.29, 0.717) is 5.82 Å². The van der Waals surface area contributed by atoms with E-state index in [1.807, 2.05) is 62.2 Å². The molecular weight excluding hydrogens is 699 g/mol. The number of aromatic nitrogens is 3. The molecule has 1 saturated carbocycles. The van der Waals surface area contributed by atoms with Crippen LogP contribution < -0.4 is 5.32 Å². The van der Waals surface area contributed by atoms with Crippen molar-refractivity contribution >= 4 is 23.0 Å². The molecule has 4 aromatic carbocycles. The third-order valence-corrected chi connectivity index (χ3v) is 11.1. The van der Waals surface area contributed by atoms with Crippen molar-refractivity contribution < 1.29 is 19.1 Å². The minimum atomic E-state index is -0.525. The van der Waals surface area contributed by atoms with Crippen LogP contribution >= 0.6 is 0 Å². The maximum Gasteiger partial charge on any atom is 0.410 e. The summed E-state index contributed by atoms with van der Waals surface area (Å²) in [5.41, 5.74) is 8.07. The molecule has 6 aromatic rings. The molecule has 2 atom stereocenters. The zero-order valence-electron chi connectivity index (χ0n) is 32.7. The largest absolute Gasteiger partial charge is 0.445 e. The number of H-pyrrole nitrogens is 2. The van der Waals surface area contributed by atoms with E-state index in [1.54, 1.807) is 0 Å². The Morgan fingerprint density at radius 3 is 2.27 bits per heavy atom. The number of hydrogen-bond donors (Lipinski definition) is 3. The van der Waals surface area contributed by atoms with Gasteiger partial charge in [0, 0.05) is 23.5 Å².